The number of terminal acetylenes is 1. The van der Waals surface area contributed by atoms with Crippen molar-refractivity contribution in [2.75, 3.05) is 6.61 Å². The molecule has 0 aromatic heterocycles. The minimum atomic E-state index is -0.335. The number of hydrogen-bond acceptors (Lipinski definition) is 2. The van der Waals surface area contributed by atoms with Gasteiger partial charge in [0.25, 0.3) is 0 Å². The molecule has 3 N–H and O–H groups in total. The Hall–Kier alpha value is -1.30. The Bertz CT molecular complexity index is 301. The van der Waals surface area contributed by atoms with Crippen LogP contribution in [0.3, 0.4) is 0 Å². The van der Waals surface area contributed by atoms with Crippen LogP contribution in [0.15, 0.2) is 24.3 Å². The average molecular weight is 161 g/mol. The van der Waals surface area contributed by atoms with Crippen molar-refractivity contribution in [2.45, 2.75) is 6.04 Å². The highest BCUT2D eigenvalue weighted by Gasteiger charge is 2.02. The first-order chi connectivity index (χ1) is 5.77. The normalized spacial score (nSPS) is 12.1. The molecule has 0 radical (unpaired) electrons. The molecule has 1 aromatic rings. The highest BCUT2D eigenvalue weighted by molar-refractivity contribution is 5.36. The van der Waals surface area contributed by atoms with Crippen molar-refractivity contribution in [3.63, 3.8) is 0 Å². The van der Waals surface area contributed by atoms with Gasteiger partial charge in [-0.2, -0.15) is 0 Å². The van der Waals surface area contributed by atoms with E-state index in [0.717, 1.165) is 11.1 Å². The highest BCUT2D eigenvalue weighted by Crippen LogP contribution is 2.10. The average Bonchev–Trinajstić information content (AvgIpc) is 2.17. The van der Waals surface area contributed by atoms with Crippen molar-refractivity contribution in [1.82, 2.24) is 0 Å². The number of rotatable bonds is 2. The molecule has 0 spiro atoms. The van der Waals surface area contributed by atoms with E-state index in [1.54, 1.807) is 6.07 Å². The predicted molar refractivity (Wildman–Crippen MR) is 48.4 cm³/mol. The third kappa shape index (κ3) is 1.85. The van der Waals surface area contributed by atoms with Gasteiger partial charge in [-0.3, -0.25) is 0 Å². The number of nitrogens with two attached hydrogens (primary N) is 1. The summed E-state index contributed by atoms with van der Waals surface area (Å²) in [6.07, 6.45) is 5.21. The zero-order chi connectivity index (χ0) is 8.97. The standard InChI is InChI=1S/C10H11NO/c1-2-8-4-3-5-9(6-8)10(11)7-12/h1,3-6,10,12H,7,11H2. The lowest BCUT2D eigenvalue weighted by Crippen LogP contribution is -2.14. The summed E-state index contributed by atoms with van der Waals surface area (Å²) in [6.45, 7) is -0.0615. The molecule has 0 saturated carbocycles. The minimum absolute atomic E-state index is 0.0615. The smallest absolute Gasteiger partial charge is 0.0624 e. The lowest BCUT2D eigenvalue weighted by Gasteiger charge is -2.07. The summed E-state index contributed by atoms with van der Waals surface area (Å²) >= 11 is 0. The van der Waals surface area contributed by atoms with Crippen molar-refractivity contribution < 1.29 is 5.11 Å². The van der Waals surface area contributed by atoms with Gasteiger partial charge >= 0.3 is 0 Å². The number of aliphatic hydroxyl groups excluding tert-OH is 1. The number of hydrogen-bond donors (Lipinski definition) is 2. The van der Waals surface area contributed by atoms with Gasteiger partial charge in [0, 0.05) is 5.56 Å². The van der Waals surface area contributed by atoms with Crippen LogP contribution in [0.2, 0.25) is 0 Å². The fraction of sp³-hybridized carbons (Fsp3) is 0.200. The van der Waals surface area contributed by atoms with E-state index in [2.05, 4.69) is 5.92 Å². The Morgan fingerprint density at radius 2 is 2.33 bits per heavy atom. The summed E-state index contributed by atoms with van der Waals surface area (Å²) in [6, 6.07) is 6.98. The first-order valence-electron chi connectivity index (χ1n) is 3.71. The molecule has 0 heterocycles. The molecular weight excluding hydrogens is 150 g/mol. The molecule has 1 rings (SSSR count). The Kier molecular flexibility index (Phi) is 2.87. The topological polar surface area (TPSA) is 46.2 Å². The fourth-order valence-corrected chi connectivity index (χ4v) is 0.964. The minimum Gasteiger partial charge on any atom is -0.394 e. The second-order valence-electron chi connectivity index (χ2n) is 2.56. The van der Waals surface area contributed by atoms with Gasteiger partial charge < -0.3 is 10.8 Å². The summed E-state index contributed by atoms with van der Waals surface area (Å²) in [7, 11) is 0. The first kappa shape index (κ1) is 8.79. The maximum Gasteiger partial charge on any atom is 0.0624 e. The Labute approximate surface area is 72.0 Å². The maximum atomic E-state index is 8.78. The van der Waals surface area contributed by atoms with E-state index in [0.29, 0.717) is 0 Å². The molecular formula is C10H11NO. The molecule has 2 nitrogen and oxygen atoms in total. The van der Waals surface area contributed by atoms with Crippen LogP contribution in [0, 0.1) is 12.3 Å². The fourth-order valence-electron chi connectivity index (χ4n) is 0.964. The molecule has 0 amide bonds. The van der Waals surface area contributed by atoms with E-state index >= 15 is 0 Å². The van der Waals surface area contributed by atoms with E-state index in [9.17, 15) is 0 Å². The van der Waals surface area contributed by atoms with Gasteiger partial charge in [-0.05, 0) is 17.7 Å². The lowest BCUT2D eigenvalue weighted by atomic mass is 10.1. The molecule has 0 aliphatic rings. The third-order valence-electron chi connectivity index (χ3n) is 1.68. The van der Waals surface area contributed by atoms with E-state index in [1.165, 1.54) is 0 Å². The van der Waals surface area contributed by atoms with Crippen LogP contribution in [0.1, 0.15) is 17.2 Å². The van der Waals surface area contributed by atoms with Crippen molar-refractivity contribution in [1.29, 1.82) is 0 Å². The van der Waals surface area contributed by atoms with Gasteiger partial charge in [-0.15, -0.1) is 6.42 Å². The number of benzene rings is 1. The maximum absolute atomic E-state index is 8.78. The monoisotopic (exact) mass is 161 g/mol. The number of aliphatic hydroxyl groups is 1. The second-order valence-corrected chi connectivity index (χ2v) is 2.56. The quantitative estimate of drug-likeness (QED) is 0.626. The lowest BCUT2D eigenvalue weighted by molar-refractivity contribution is 0.268. The van der Waals surface area contributed by atoms with Crippen LogP contribution in [-0.4, -0.2) is 11.7 Å². The Morgan fingerprint density at radius 3 is 2.92 bits per heavy atom. The van der Waals surface area contributed by atoms with Gasteiger partial charge in [-0.1, -0.05) is 18.1 Å². The molecule has 1 unspecified atom stereocenters. The van der Waals surface area contributed by atoms with Crippen LogP contribution in [-0.2, 0) is 0 Å². The van der Waals surface area contributed by atoms with E-state index in [4.69, 9.17) is 17.3 Å². The van der Waals surface area contributed by atoms with E-state index in [-0.39, 0.29) is 12.6 Å². The largest absolute Gasteiger partial charge is 0.394 e. The van der Waals surface area contributed by atoms with Gasteiger partial charge in [-0.25, -0.2) is 0 Å². The molecule has 2 heteroatoms. The van der Waals surface area contributed by atoms with Gasteiger partial charge in [0.05, 0.1) is 12.6 Å². The van der Waals surface area contributed by atoms with Crippen molar-refractivity contribution in [2.24, 2.45) is 5.73 Å². The van der Waals surface area contributed by atoms with E-state index < -0.39 is 0 Å². The molecule has 1 aromatic carbocycles. The van der Waals surface area contributed by atoms with Crippen LogP contribution < -0.4 is 5.73 Å². The van der Waals surface area contributed by atoms with Crippen LogP contribution >= 0.6 is 0 Å². The summed E-state index contributed by atoms with van der Waals surface area (Å²) < 4.78 is 0. The van der Waals surface area contributed by atoms with Crippen LogP contribution in [0.5, 0.6) is 0 Å². The van der Waals surface area contributed by atoms with Crippen LogP contribution in [0.25, 0.3) is 0 Å². The van der Waals surface area contributed by atoms with Crippen molar-refractivity contribution >= 4 is 0 Å². The van der Waals surface area contributed by atoms with E-state index in [1.807, 2.05) is 18.2 Å². The van der Waals surface area contributed by atoms with Crippen molar-refractivity contribution in [3.8, 4) is 12.3 Å². The molecule has 12 heavy (non-hydrogen) atoms. The molecule has 0 aliphatic carbocycles. The van der Waals surface area contributed by atoms with Gasteiger partial charge in [0.15, 0.2) is 0 Å². The molecule has 0 fully saturated rings. The summed E-state index contributed by atoms with van der Waals surface area (Å²) in [5.41, 5.74) is 7.26. The Balaban J connectivity index is 2.95. The first-order valence-corrected chi connectivity index (χ1v) is 3.71. The second kappa shape index (κ2) is 3.91. The predicted octanol–water partition coefficient (Wildman–Crippen LogP) is 0.660. The molecule has 1 atom stereocenters. The highest BCUT2D eigenvalue weighted by atomic mass is 16.3. The molecule has 0 saturated heterocycles. The van der Waals surface area contributed by atoms with Gasteiger partial charge in [0.1, 0.15) is 0 Å². The zero-order valence-corrected chi connectivity index (χ0v) is 6.70. The SMILES string of the molecule is C#Cc1cccc(C(N)CO)c1. The Morgan fingerprint density at radius 1 is 1.58 bits per heavy atom. The zero-order valence-electron chi connectivity index (χ0n) is 6.70. The molecule has 0 bridgehead atoms. The molecule has 0 aliphatic heterocycles. The third-order valence-corrected chi connectivity index (χ3v) is 1.68. The summed E-state index contributed by atoms with van der Waals surface area (Å²) in [4.78, 5) is 0. The van der Waals surface area contributed by atoms with Gasteiger partial charge in [0.2, 0.25) is 0 Å². The summed E-state index contributed by atoms with van der Waals surface area (Å²) in [5, 5.41) is 8.78. The van der Waals surface area contributed by atoms with Crippen molar-refractivity contribution in [3.05, 3.63) is 35.4 Å². The van der Waals surface area contributed by atoms with Crippen LogP contribution in [0.4, 0.5) is 0 Å². The molecule has 62 valence electrons. The summed E-state index contributed by atoms with van der Waals surface area (Å²) in [5.74, 6) is 2.51.